The summed E-state index contributed by atoms with van der Waals surface area (Å²) in [6, 6.07) is 9.92. The van der Waals surface area contributed by atoms with Gasteiger partial charge in [-0.15, -0.1) is 16.9 Å². The van der Waals surface area contributed by atoms with Gasteiger partial charge in [-0.3, -0.25) is 4.79 Å². The van der Waals surface area contributed by atoms with E-state index in [1.807, 2.05) is 12.3 Å². The van der Waals surface area contributed by atoms with Crippen molar-refractivity contribution < 1.29 is 13.6 Å². The molecule has 0 aliphatic carbocycles. The molecular weight excluding hydrogens is 343 g/mol. The molecule has 0 radical (unpaired) electrons. The molecule has 4 rings (SSSR count). The summed E-state index contributed by atoms with van der Waals surface area (Å²) in [6.45, 7) is 0.908. The molecule has 6 nitrogen and oxygen atoms in total. The average molecular weight is 358 g/mol. The van der Waals surface area contributed by atoms with Crippen molar-refractivity contribution >= 4 is 17.7 Å². The largest absolute Gasteiger partial charge is 0.467 e. The maximum absolute atomic E-state index is 13.0. The van der Waals surface area contributed by atoms with E-state index in [1.165, 1.54) is 23.9 Å². The van der Waals surface area contributed by atoms with E-state index in [-0.39, 0.29) is 17.1 Å². The lowest BCUT2D eigenvalue weighted by molar-refractivity contribution is -0.128. The van der Waals surface area contributed by atoms with Crippen molar-refractivity contribution in [2.24, 2.45) is 0 Å². The fourth-order valence-electron chi connectivity index (χ4n) is 2.72. The second-order valence-corrected chi connectivity index (χ2v) is 6.80. The van der Waals surface area contributed by atoms with E-state index >= 15 is 0 Å². The predicted octanol–water partition coefficient (Wildman–Crippen LogP) is 2.83. The van der Waals surface area contributed by atoms with Gasteiger partial charge in [-0.2, -0.15) is 0 Å². The number of thioether (sulfide) groups is 1. The summed E-state index contributed by atoms with van der Waals surface area (Å²) in [4.78, 5) is 13.9. The summed E-state index contributed by atoms with van der Waals surface area (Å²) in [5.74, 6) is 0.937. The van der Waals surface area contributed by atoms with Crippen LogP contribution < -0.4 is 0 Å². The van der Waals surface area contributed by atoms with Crippen LogP contribution in [0.1, 0.15) is 22.4 Å². The Morgan fingerprint density at radius 2 is 2.08 bits per heavy atom. The van der Waals surface area contributed by atoms with E-state index in [9.17, 15) is 9.18 Å². The molecule has 1 amide bonds. The SMILES string of the molecule is O=C1CS[C@H](c2cn(Cc3ccc(F)cc3)nn2)N1Cc1ccco1. The molecule has 1 atom stereocenters. The summed E-state index contributed by atoms with van der Waals surface area (Å²) >= 11 is 1.52. The minimum atomic E-state index is -0.266. The third kappa shape index (κ3) is 3.43. The molecule has 128 valence electrons. The highest BCUT2D eigenvalue weighted by Gasteiger charge is 2.35. The first-order valence-electron chi connectivity index (χ1n) is 7.77. The number of hydrogen-bond acceptors (Lipinski definition) is 5. The normalized spacial score (nSPS) is 17.4. The van der Waals surface area contributed by atoms with Crippen LogP contribution in [-0.2, 0) is 17.9 Å². The standard InChI is InChI=1S/C17H15FN4O2S/c18-13-5-3-12(4-6-13)8-21-10-15(19-20-21)17-22(16(23)11-25-17)9-14-2-1-7-24-14/h1-7,10,17H,8-9,11H2/t17-/m1/s1. The lowest BCUT2D eigenvalue weighted by Crippen LogP contribution is -2.27. The first-order chi connectivity index (χ1) is 12.2. The second kappa shape index (κ2) is 6.72. The van der Waals surface area contributed by atoms with Crippen LogP contribution in [0.3, 0.4) is 0 Å². The number of nitrogens with zero attached hydrogens (tertiary/aromatic N) is 4. The highest BCUT2D eigenvalue weighted by Crippen LogP contribution is 2.38. The topological polar surface area (TPSA) is 64.2 Å². The third-order valence-electron chi connectivity index (χ3n) is 3.94. The molecule has 0 unspecified atom stereocenters. The number of halogens is 1. The van der Waals surface area contributed by atoms with Gasteiger partial charge in [0.25, 0.3) is 0 Å². The number of aromatic nitrogens is 3. The van der Waals surface area contributed by atoms with Crippen LogP contribution in [0.15, 0.2) is 53.3 Å². The summed E-state index contributed by atoms with van der Waals surface area (Å²) in [5, 5.41) is 8.17. The Labute approximate surface area is 147 Å². The van der Waals surface area contributed by atoms with E-state index in [2.05, 4.69) is 10.3 Å². The van der Waals surface area contributed by atoms with Crippen LogP contribution in [0, 0.1) is 5.82 Å². The highest BCUT2D eigenvalue weighted by molar-refractivity contribution is 8.00. The van der Waals surface area contributed by atoms with E-state index in [1.54, 1.807) is 34.0 Å². The Morgan fingerprint density at radius 1 is 1.24 bits per heavy atom. The summed E-state index contributed by atoms with van der Waals surface area (Å²) < 4.78 is 20.0. The molecule has 0 saturated carbocycles. The molecule has 1 aromatic carbocycles. The molecule has 1 saturated heterocycles. The predicted molar refractivity (Wildman–Crippen MR) is 90.0 cm³/mol. The first kappa shape index (κ1) is 15.9. The zero-order valence-corrected chi connectivity index (χ0v) is 14.0. The monoisotopic (exact) mass is 358 g/mol. The summed E-state index contributed by atoms with van der Waals surface area (Å²) in [5.41, 5.74) is 1.66. The fourth-order valence-corrected chi connectivity index (χ4v) is 3.84. The Hall–Kier alpha value is -2.61. The van der Waals surface area contributed by atoms with Crippen LogP contribution in [0.5, 0.6) is 0 Å². The maximum Gasteiger partial charge on any atom is 0.234 e. The van der Waals surface area contributed by atoms with Gasteiger partial charge in [-0.1, -0.05) is 17.3 Å². The zero-order valence-electron chi connectivity index (χ0n) is 13.2. The van der Waals surface area contributed by atoms with Crippen molar-refractivity contribution in [2.75, 3.05) is 5.75 Å². The maximum atomic E-state index is 13.0. The number of furan rings is 1. The number of amides is 1. The van der Waals surface area contributed by atoms with Crippen molar-refractivity contribution in [1.29, 1.82) is 0 Å². The molecule has 0 N–H and O–H groups in total. The molecule has 0 bridgehead atoms. The molecular formula is C17H15FN4O2S. The van der Waals surface area contributed by atoms with Gasteiger partial charge in [0.15, 0.2) is 0 Å². The van der Waals surface area contributed by atoms with Gasteiger partial charge in [0, 0.05) is 0 Å². The molecule has 1 fully saturated rings. The number of carbonyl (C=O) groups is 1. The van der Waals surface area contributed by atoms with Gasteiger partial charge in [0.2, 0.25) is 5.91 Å². The molecule has 1 aliphatic heterocycles. The van der Waals surface area contributed by atoms with Gasteiger partial charge < -0.3 is 9.32 Å². The van der Waals surface area contributed by atoms with E-state index in [0.29, 0.717) is 18.8 Å². The Bertz CT molecular complexity index is 863. The van der Waals surface area contributed by atoms with Crippen LogP contribution in [-0.4, -0.2) is 31.6 Å². The molecule has 2 aromatic heterocycles. The first-order valence-corrected chi connectivity index (χ1v) is 8.82. The Morgan fingerprint density at radius 3 is 2.84 bits per heavy atom. The molecule has 3 heterocycles. The molecule has 25 heavy (non-hydrogen) atoms. The highest BCUT2D eigenvalue weighted by atomic mass is 32.2. The van der Waals surface area contributed by atoms with Crippen LogP contribution in [0.2, 0.25) is 0 Å². The van der Waals surface area contributed by atoms with Crippen LogP contribution in [0.4, 0.5) is 4.39 Å². The number of hydrogen-bond donors (Lipinski definition) is 0. The molecule has 1 aliphatic rings. The molecule has 3 aromatic rings. The van der Waals surface area contributed by atoms with E-state index in [0.717, 1.165) is 17.0 Å². The lowest BCUT2D eigenvalue weighted by Gasteiger charge is -2.20. The average Bonchev–Trinajstić information content (AvgIpc) is 3.34. The molecule has 8 heteroatoms. The van der Waals surface area contributed by atoms with Gasteiger partial charge in [-0.25, -0.2) is 9.07 Å². The van der Waals surface area contributed by atoms with Gasteiger partial charge in [0.05, 0.1) is 31.3 Å². The van der Waals surface area contributed by atoms with E-state index in [4.69, 9.17) is 4.42 Å². The van der Waals surface area contributed by atoms with Gasteiger partial charge in [-0.05, 0) is 29.8 Å². The summed E-state index contributed by atoms with van der Waals surface area (Å²) in [6.07, 6.45) is 3.42. The summed E-state index contributed by atoms with van der Waals surface area (Å²) in [7, 11) is 0. The number of carbonyl (C=O) groups excluding carboxylic acids is 1. The fraction of sp³-hybridized carbons (Fsp3) is 0.235. The number of benzene rings is 1. The quantitative estimate of drug-likeness (QED) is 0.702. The Balaban J connectivity index is 1.50. The van der Waals surface area contributed by atoms with Crippen molar-refractivity contribution in [1.82, 2.24) is 19.9 Å². The minimum Gasteiger partial charge on any atom is -0.467 e. The van der Waals surface area contributed by atoms with Gasteiger partial charge >= 0.3 is 0 Å². The van der Waals surface area contributed by atoms with Gasteiger partial charge in [0.1, 0.15) is 22.6 Å². The number of rotatable bonds is 5. The second-order valence-electron chi connectivity index (χ2n) is 5.73. The minimum absolute atomic E-state index is 0.0551. The van der Waals surface area contributed by atoms with Crippen LogP contribution in [0.25, 0.3) is 0 Å². The van der Waals surface area contributed by atoms with Crippen LogP contribution >= 0.6 is 11.8 Å². The van der Waals surface area contributed by atoms with Crippen molar-refractivity contribution in [3.8, 4) is 0 Å². The van der Waals surface area contributed by atoms with Crippen molar-refractivity contribution in [3.63, 3.8) is 0 Å². The lowest BCUT2D eigenvalue weighted by atomic mass is 10.2. The third-order valence-corrected chi connectivity index (χ3v) is 5.17. The van der Waals surface area contributed by atoms with Crippen molar-refractivity contribution in [2.45, 2.75) is 18.5 Å². The van der Waals surface area contributed by atoms with Crippen molar-refractivity contribution in [3.05, 3.63) is 71.7 Å². The zero-order chi connectivity index (χ0) is 17.2. The smallest absolute Gasteiger partial charge is 0.234 e. The van der Waals surface area contributed by atoms with E-state index < -0.39 is 0 Å². The molecule has 0 spiro atoms. The Kier molecular flexibility index (Phi) is 4.27.